The molecule has 1 aliphatic heterocycles. The van der Waals surface area contributed by atoms with Crippen LogP contribution < -0.4 is 10.2 Å². The highest BCUT2D eigenvalue weighted by Gasteiger charge is 2.32. The Bertz CT molecular complexity index is 742. The molecule has 2 aromatic rings. The van der Waals surface area contributed by atoms with Crippen LogP contribution in [0.2, 0.25) is 0 Å². The van der Waals surface area contributed by atoms with E-state index in [0.29, 0.717) is 32.0 Å². The van der Waals surface area contributed by atoms with E-state index in [4.69, 9.17) is 4.74 Å². The van der Waals surface area contributed by atoms with Gasteiger partial charge in [0.2, 0.25) is 0 Å². The molecule has 3 rings (SSSR count). The molecule has 1 saturated heterocycles. The number of ether oxygens (including phenoxy) is 1. The van der Waals surface area contributed by atoms with E-state index in [-0.39, 0.29) is 5.56 Å². The molecule has 1 N–H and O–H groups in total. The van der Waals surface area contributed by atoms with E-state index >= 15 is 0 Å². The van der Waals surface area contributed by atoms with Crippen LogP contribution in [0.1, 0.15) is 16.1 Å². The maximum absolute atomic E-state index is 12.5. The van der Waals surface area contributed by atoms with Gasteiger partial charge in [-0.1, -0.05) is 12.1 Å². The first kappa shape index (κ1) is 17.2. The second-order valence-corrected chi connectivity index (χ2v) is 5.50. The van der Waals surface area contributed by atoms with Crippen LogP contribution in [0.3, 0.4) is 0 Å². The van der Waals surface area contributed by atoms with E-state index < -0.39 is 17.8 Å². The van der Waals surface area contributed by atoms with Gasteiger partial charge in [0.05, 0.1) is 30.2 Å². The van der Waals surface area contributed by atoms with E-state index in [9.17, 15) is 18.0 Å². The molecule has 0 saturated carbocycles. The Morgan fingerprint density at radius 2 is 1.84 bits per heavy atom. The maximum Gasteiger partial charge on any atom is 0.433 e. The summed E-state index contributed by atoms with van der Waals surface area (Å²) in [6, 6.07) is 9.18. The van der Waals surface area contributed by atoms with Gasteiger partial charge in [-0.15, -0.1) is 0 Å². The molecule has 1 aromatic carbocycles. The number of nitrogens with one attached hydrogen (secondary N) is 1. The van der Waals surface area contributed by atoms with Crippen LogP contribution in [0.4, 0.5) is 24.5 Å². The first-order valence-electron chi connectivity index (χ1n) is 7.71. The number of carbonyl (C=O) groups is 1. The summed E-state index contributed by atoms with van der Waals surface area (Å²) < 4.78 is 43.0. The van der Waals surface area contributed by atoms with Crippen molar-refractivity contribution in [1.82, 2.24) is 4.98 Å². The highest BCUT2D eigenvalue weighted by molar-refractivity contribution is 6.05. The zero-order valence-electron chi connectivity index (χ0n) is 13.2. The van der Waals surface area contributed by atoms with Crippen molar-refractivity contribution < 1.29 is 22.7 Å². The van der Waals surface area contributed by atoms with Crippen LogP contribution in [-0.4, -0.2) is 37.2 Å². The van der Waals surface area contributed by atoms with E-state index in [1.807, 2.05) is 12.1 Å². The van der Waals surface area contributed by atoms with Crippen LogP contribution in [0, 0.1) is 0 Å². The summed E-state index contributed by atoms with van der Waals surface area (Å²) in [4.78, 5) is 17.7. The van der Waals surface area contributed by atoms with E-state index in [1.165, 1.54) is 0 Å². The smallest absolute Gasteiger partial charge is 0.378 e. The molecule has 0 aliphatic carbocycles. The third-order valence-corrected chi connectivity index (χ3v) is 3.82. The number of nitrogens with zero attached hydrogens (tertiary/aromatic N) is 2. The average Bonchev–Trinajstić information content (AvgIpc) is 2.62. The number of para-hydroxylation sites is 2. The Kier molecular flexibility index (Phi) is 4.89. The van der Waals surface area contributed by atoms with Gasteiger partial charge in [-0.05, 0) is 24.3 Å². The standard InChI is InChI=1S/C17H16F3N3O2/c18-17(19,20)15-6-5-12(11-21-15)16(24)22-13-3-1-2-4-14(13)23-7-9-25-10-8-23/h1-6,11H,7-10H2,(H,22,24). The van der Waals surface area contributed by atoms with Crippen molar-refractivity contribution in [2.24, 2.45) is 0 Å². The summed E-state index contributed by atoms with van der Waals surface area (Å²) in [5, 5.41) is 2.74. The van der Waals surface area contributed by atoms with Gasteiger partial charge in [-0.2, -0.15) is 13.2 Å². The molecule has 0 radical (unpaired) electrons. The third kappa shape index (κ3) is 4.08. The van der Waals surface area contributed by atoms with Crippen LogP contribution >= 0.6 is 0 Å². The van der Waals surface area contributed by atoms with Crippen molar-refractivity contribution in [3.63, 3.8) is 0 Å². The Morgan fingerprint density at radius 1 is 1.12 bits per heavy atom. The van der Waals surface area contributed by atoms with Crippen LogP contribution in [-0.2, 0) is 10.9 Å². The van der Waals surface area contributed by atoms with Crippen molar-refractivity contribution in [3.8, 4) is 0 Å². The number of anilines is 2. The van der Waals surface area contributed by atoms with E-state index in [1.54, 1.807) is 12.1 Å². The summed E-state index contributed by atoms with van der Waals surface area (Å²) in [5.74, 6) is -0.512. The summed E-state index contributed by atoms with van der Waals surface area (Å²) in [7, 11) is 0. The number of hydrogen-bond acceptors (Lipinski definition) is 4. The fourth-order valence-electron chi connectivity index (χ4n) is 2.55. The monoisotopic (exact) mass is 351 g/mol. The quantitative estimate of drug-likeness (QED) is 0.923. The molecule has 0 bridgehead atoms. The van der Waals surface area contributed by atoms with Gasteiger partial charge in [-0.3, -0.25) is 9.78 Å². The highest BCUT2D eigenvalue weighted by atomic mass is 19.4. The van der Waals surface area contributed by atoms with Crippen LogP contribution in [0.15, 0.2) is 42.6 Å². The largest absolute Gasteiger partial charge is 0.433 e. The Morgan fingerprint density at radius 3 is 2.48 bits per heavy atom. The Hall–Kier alpha value is -2.61. The van der Waals surface area contributed by atoms with Crippen molar-refractivity contribution >= 4 is 17.3 Å². The van der Waals surface area contributed by atoms with Crippen molar-refractivity contribution in [1.29, 1.82) is 0 Å². The van der Waals surface area contributed by atoms with Crippen LogP contribution in [0.5, 0.6) is 0 Å². The molecule has 0 unspecified atom stereocenters. The van der Waals surface area contributed by atoms with Crippen molar-refractivity contribution in [2.45, 2.75) is 6.18 Å². The first-order chi connectivity index (χ1) is 11.9. The summed E-state index contributed by atoms with van der Waals surface area (Å²) in [5.41, 5.74) is 0.468. The normalized spacial score (nSPS) is 15.1. The van der Waals surface area contributed by atoms with Gasteiger partial charge < -0.3 is 15.0 Å². The highest BCUT2D eigenvalue weighted by Crippen LogP contribution is 2.28. The topological polar surface area (TPSA) is 54.5 Å². The lowest BCUT2D eigenvalue weighted by Gasteiger charge is -2.30. The van der Waals surface area contributed by atoms with Gasteiger partial charge >= 0.3 is 6.18 Å². The minimum atomic E-state index is -4.53. The lowest BCUT2D eigenvalue weighted by molar-refractivity contribution is -0.141. The molecular formula is C17H16F3N3O2. The molecule has 1 fully saturated rings. The molecule has 25 heavy (non-hydrogen) atoms. The molecule has 1 aromatic heterocycles. The van der Waals surface area contributed by atoms with Crippen LogP contribution in [0.25, 0.3) is 0 Å². The maximum atomic E-state index is 12.5. The molecule has 5 nitrogen and oxygen atoms in total. The lowest BCUT2D eigenvalue weighted by atomic mass is 10.2. The number of pyridine rings is 1. The molecule has 1 amide bonds. The molecule has 0 spiro atoms. The summed E-state index contributed by atoms with van der Waals surface area (Å²) in [6.45, 7) is 2.61. The van der Waals surface area contributed by atoms with Gasteiger partial charge in [0.1, 0.15) is 5.69 Å². The Labute approximate surface area is 142 Å². The molecular weight excluding hydrogens is 335 g/mol. The van der Waals surface area contributed by atoms with E-state index in [2.05, 4.69) is 15.2 Å². The SMILES string of the molecule is O=C(Nc1ccccc1N1CCOCC1)c1ccc(C(F)(F)F)nc1. The van der Waals surface area contributed by atoms with E-state index in [0.717, 1.165) is 24.0 Å². The number of morpholine rings is 1. The van der Waals surface area contributed by atoms with Gasteiger partial charge in [0.15, 0.2) is 0 Å². The average molecular weight is 351 g/mol. The molecule has 8 heteroatoms. The molecule has 132 valence electrons. The minimum Gasteiger partial charge on any atom is -0.378 e. The second-order valence-electron chi connectivity index (χ2n) is 5.50. The zero-order valence-corrected chi connectivity index (χ0v) is 13.2. The summed E-state index contributed by atoms with van der Waals surface area (Å²) >= 11 is 0. The third-order valence-electron chi connectivity index (χ3n) is 3.82. The first-order valence-corrected chi connectivity index (χ1v) is 7.71. The van der Waals surface area contributed by atoms with Gasteiger partial charge in [0, 0.05) is 19.3 Å². The number of benzene rings is 1. The van der Waals surface area contributed by atoms with Crippen molar-refractivity contribution in [3.05, 3.63) is 53.9 Å². The van der Waals surface area contributed by atoms with Crippen molar-refractivity contribution in [2.75, 3.05) is 36.5 Å². The molecule has 1 aliphatic rings. The number of hydrogen-bond donors (Lipinski definition) is 1. The second kappa shape index (κ2) is 7.10. The number of aromatic nitrogens is 1. The van der Waals surface area contributed by atoms with Gasteiger partial charge in [-0.25, -0.2) is 0 Å². The number of halogens is 3. The number of rotatable bonds is 3. The fourth-order valence-corrected chi connectivity index (χ4v) is 2.55. The fraction of sp³-hybridized carbons (Fsp3) is 0.294. The van der Waals surface area contributed by atoms with Gasteiger partial charge in [0.25, 0.3) is 5.91 Å². The molecule has 2 heterocycles. The number of alkyl halides is 3. The molecule has 0 atom stereocenters. The lowest BCUT2D eigenvalue weighted by Crippen LogP contribution is -2.36. The number of carbonyl (C=O) groups excluding carboxylic acids is 1. The Balaban J connectivity index is 1.77. The number of amides is 1. The minimum absolute atomic E-state index is 0.0600. The zero-order chi connectivity index (χ0) is 17.9. The predicted octanol–water partition coefficient (Wildman–Crippen LogP) is 3.19. The predicted molar refractivity (Wildman–Crippen MR) is 86.7 cm³/mol. The summed E-state index contributed by atoms with van der Waals surface area (Å²) in [6.07, 6.45) is -3.60.